The van der Waals surface area contributed by atoms with Gasteiger partial charge in [-0.2, -0.15) is 0 Å². The lowest BCUT2D eigenvalue weighted by Crippen LogP contribution is -2.49. The number of nitrogens with zero attached hydrogens (tertiary/aromatic N) is 1. The second-order valence-corrected chi connectivity index (χ2v) is 12.0. The molecule has 1 fully saturated rings. The first-order chi connectivity index (χ1) is 22.2. The smallest absolute Gasteiger partial charge is 0.255 e. The van der Waals surface area contributed by atoms with E-state index in [1.165, 1.54) is 12.1 Å². The third-order valence-electron chi connectivity index (χ3n) is 8.55. The quantitative estimate of drug-likeness (QED) is 0.173. The normalized spacial score (nSPS) is 15.0. The highest BCUT2D eigenvalue weighted by Gasteiger charge is 2.50. The van der Waals surface area contributed by atoms with Crippen molar-refractivity contribution in [3.05, 3.63) is 124 Å². The highest BCUT2D eigenvalue weighted by molar-refractivity contribution is 6.30. The first-order valence-electron chi connectivity index (χ1n) is 15.0. The summed E-state index contributed by atoms with van der Waals surface area (Å²) in [6.07, 6.45) is 3.57. The first-order valence-corrected chi connectivity index (χ1v) is 15.4. The molecule has 1 aliphatic heterocycles. The molecule has 2 heterocycles. The Morgan fingerprint density at radius 2 is 1.72 bits per heavy atom. The standard InChI is InChI=1S/C37H30ClFN4O3/c1-21-6-7-25(34(44)43-37(15-16-37)36-41-17-14-30(42-36)24-4-3-5-26(38)18-24)20-28(21)23-10-13-31-29(19-23)32(35(45)40-2)33(46-31)22-8-11-27(39)12-9-22/h3-14,18-20H,15-17H2,1-2H3,(H,40,45)(H,41,42)(H,43,44). The van der Waals surface area contributed by atoms with Gasteiger partial charge >= 0.3 is 0 Å². The van der Waals surface area contributed by atoms with Crippen LogP contribution in [0.3, 0.4) is 0 Å². The van der Waals surface area contributed by atoms with Crippen LogP contribution in [-0.4, -0.2) is 36.8 Å². The summed E-state index contributed by atoms with van der Waals surface area (Å²) in [4.78, 5) is 31.5. The van der Waals surface area contributed by atoms with E-state index < -0.39 is 5.54 Å². The van der Waals surface area contributed by atoms with Crippen molar-refractivity contribution < 1.29 is 18.4 Å². The van der Waals surface area contributed by atoms with Crippen LogP contribution in [0, 0.1) is 12.7 Å². The van der Waals surface area contributed by atoms with Crippen LogP contribution >= 0.6 is 11.6 Å². The zero-order chi connectivity index (χ0) is 32.0. The SMILES string of the molecule is CNC(=O)c1c(-c2ccc(F)cc2)oc2ccc(-c3cc(C(=O)NC4(C5=NCC=C(c6cccc(Cl)c6)N5)CC4)ccc3C)cc12. The van der Waals surface area contributed by atoms with Crippen LogP contribution in [-0.2, 0) is 0 Å². The number of halogens is 2. The third-order valence-corrected chi connectivity index (χ3v) is 8.78. The number of fused-ring (bicyclic) bond motifs is 1. The molecule has 0 spiro atoms. The Hall–Kier alpha value is -5.21. The summed E-state index contributed by atoms with van der Waals surface area (Å²) >= 11 is 6.22. The van der Waals surface area contributed by atoms with E-state index in [0.717, 1.165) is 46.6 Å². The Morgan fingerprint density at radius 3 is 2.46 bits per heavy atom. The molecule has 1 saturated carbocycles. The number of benzene rings is 4. The fourth-order valence-corrected chi connectivity index (χ4v) is 6.08. The van der Waals surface area contributed by atoms with Crippen molar-refractivity contribution in [2.45, 2.75) is 25.3 Å². The summed E-state index contributed by atoms with van der Waals surface area (Å²) in [6.45, 7) is 2.49. The predicted octanol–water partition coefficient (Wildman–Crippen LogP) is 7.53. The maximum atomic E-state index is 13.7. The second kappa shape index (κ2) is 11.6. The second-order valence-electron chi connectivity index (χ2n) is 11.6. The summed E-state index contributed by atoms with van der Waals surface area (Å²) in [5.41, 5.74) is 5.95. The molecule has 2 amide bonds. The number of amidine groups is 1. The van der Waals surface area contributed by atoms with Gasteiger partial charge in [-0.15, -0.1) is 0 Å². The fourth-order valence-electron chi connectivity index (χ4n) is 5.89. The molecule has 2 aliphatic rings. The molecular weight excluding hydrogens is 603 g/mol. The summed E-state index contributed by atoms with van der Waals surface area (Å²) in [5.74, 6) is 0.213. The summed E-state index contributed by atoms with van der Waals surface area (Å²) < 4.78 is 19.7. The number of aryl methyl sites for hydroxylation is 1. The lowest BCUT2D eigenvalue weighted by atomic mass is 9.95. The van der Waals surface area contributed by atoms with Gasteiger partial charge in [0.2, 0.25) is 0 Å². The van der Waals surface area contributed by atoms with Crippen molar-refractivity contribution in [1.29, 1.82) is 0 Å². The van der Waals surface area contributed by atoms with E-state index in [2.05, 4.69) is 16.0 Å². The molecule has 1 aliphatic carbocycles. The Balaban J connectivity index is 1.17. The van der Waals surface area contributed by atoms with Gasteiger partial charge in [0.05, 0.1) is 17.6 Å². The summed E-state index contributed by atoms with van der Waals surface area (Å²) in [5, 5.41) is 10.6. The van der Waals surface area contributed by atoms with Crippen LogP contribution < -0.4 is 16.0 Å². The van der Waals surface area contributed by atoms with E-state index in [9.17, 15) is 14.0 Å². The van der Waals surface area contributed by atoms with Gasteiger partial charge in [-0.25, -0.2) is 4.39 Å². The van der Waals surface area contributed by atoms with Crippen molar-refractivity contribution >= 4 is 45.9 Å². The largest absolute Gasteiger partial charge is 0.455 e. The summed E-state index contributed by atoms with van der Waals surface area (Å²) in [7, 11) is 1.56. The lowest BCUT2D eigenvalue weighted by Gasteiger charge is -2.25. The number of hydrogen-bond donors (Lipinski definition) is 3. The molecule has 7 rings (SSSR count). The van der Waals surface area contributed by atoms with Crippen molar-refractivity contribution in [3.8, 4) is 22.5 Å². The number of nitrogens with one attached hydrogen (secondary N) is 3. The highest BCUT2D eigenvalue weighted by Crippen LogP contribution is 2.39. The van der Waals surface area contributed by atoms with E-state index in [-0.39, 0.29) is 17.6 Å². The number of hydrogen-bond acceptors (Lipinski definition) is 5. The topological polar surface area (TPSA) is 95.7 Å². The van der Waals surface area contributed by atoms with Gasteiger partial charge in [-0.1, -0.05) is 35.9 Å². The fraction of sp³-hybridized carbons (Fsp3) is 0.162. The van der Waals surface area contributed by atoms with E-state index >= 15 is 0 Å². The maximum absolute atomic E-state index is 13.7. The molecule has 7 nitrogen and oxygen atoms in total. The molecule has 0 unspecified atom stereocenters. The molecule has 0 bridgehead atoms. The van der Waals surface area contributed by atoms with Crippen molar-refractivity contribution in [2.75, 3.05) is 13.6 Å². The molecule has 4 aromatic carbocycles. The van der Waals surface area contributed by atoms with Gasteiger partial charge in [-0.3, -0.25) is 14.6 Å². The van der Waals surface area contributed by atoms with Crippen molar-refractivity contribution in [3.63, 3.8) is 0 Å². The van der Waals surface area contributed by atoms with Gasteiger partial charge in [0.15, 0.2) is 0 Å². The number of carbonyl (C=O) groups excluding carboxylic acids is 2. The lowest BCUT2D eigenvalue weighted by molar-refractivity contribution is 0.0940. The van der Waals surface area contributed by atoms with E-state index in [1.54, 1.807) is 19.2 Å². The Morgan fingerprint density at radius 1 is 0.935 bits per heavy atom. The highest BCUT2D eigenvalue weighted by atomic mass is 35.5. The first kappa shape index (κ1) is 29.5. The minimum atomic E-state index is -0.560. The van der Waals surface area contributed by atoms with Crippen LogP contribution in [0.1, 0.15) is 44.7 Å². The number of aliphatic imine (C=N–C) groups is 1. The van der Waals surface area contributed by atoms with Gasteiger partial charge in [0.25, 0.3) is 11.8 Å². The molecule has 9 heteroatoms. The molecule has 230 valence electrons. The van der Waals surface area contributed by atoms with Crippen LogP contribution in [0.5, 0.6) is 0 Å². The molecule has 3 N–H and O–H groups in total. The molecule has 5 aromatic rings. The van der Waals surface area contributed by atoms with Gasteiger partial charge in [0.1, 0.15) is 23.0 Å². The molecule has 0 radical (unpaired) electrons. The predicted molar refractivity (Wildman–Crippen MR) is 179 cm³/mol. The van der Waals surface area contributed by atoms with Gasteiger partial charge in [-0.05, 0) is 109 Å². The van der Waals surface area contributed by atoms with Crippen molar-refractivity contribution in [2.24, 2.45) is 4.99 Å². The average molecular weight is 633 g/mol. The van der Waals surface area contributed by atoms with Crippen LogP contribution in [0.4, 0.5) is 4.39 Å². The number of furan rings is 1. The average Bonchev–Trinajstić information content (AvgIpc) is 3.76. The minimum Gasteiger partial charge on any atom is -0.455 e. The van der Waals surface area contributed by atoms with E-state index in [4.69, 9.17) is 21.0 Å². The number of amides is 2. The molecule has 46 heavy (non-hydrogen) atoms. The Bertz CT molecular complexity index is 2090. The van der Waals surface area contributed by atoms with E-state index in [1.807, 2.05) is 73.7 Å². The van der Waals surface area contributed by atoms with Crippen molar-refractivity contribution in [1.82, 2.24) is 16.0 Å². The molecular formula is C37H30ClFN4O3. The Labute approximate surface area is 270 Å². The van der Waals surface area contributed by atoms with Gasteiger partial charge < -0.3 is 20.4 Å². The van der Waals surface area contributed by atoms with Gasteiger partial charge in [0, 0.05) is 34.3 Å². The minimum absolute atomic E-state index is 0.198. The zero-order valence-corrected chi connectivity index (χ0v) is 26.0. The summed E-state index contributed by atoms with van der Waals surface area (Å²) in [6, 6.07) is 24.7. The maximum Gasteiger partial charge on any atom is 0.255 e. The van der Waals surface area contributed by atoms with E-state index in [0.29, 0.717) is 45.0 Å². The monoisotopic (exact) mass is 632 g/mol. The molecule has 0 atom stereocenters. The third kappa shape index (κ3) is 5.45. The zero-order valence-electron chi connectivity index (χ0n) is 25.2. The van der Waals surface area contributed by atoms with Crippen LogP contribution in [0.2, 0.25) is 5.02 Å². The molecule has 1 aromatic heterocycles. The number of rotatable bonds is 7. The van der Waals surface area contributed by atoms with Crippen LogP contribution in [0.15, 0.2) is 100 Å². The van der Waals surface area contributed by atoms with Crippen LogP contribution in [0.25, 0.3) is 39.1 Å². The molecule has 0 saturated heterocycles. The number of carbonyl (C=O) groups is 2. The Kier molecular flexibility index (Phi) is 7.45.